The van der Waals surface area contributed by atoms with Crippen LogP contribution >= 0.6 is 0 Å². The lowest BCUT2D eigenvalue weighted by Crippen LogP contribution is -2.53. The number of ether oxygens (including phenoxy) is 1. The molecule has 3 aliphatic rings. The minimum atomic E-state index is -3.36. The Hall–Kier alpha value is -2.09. The van der Waals surface area contributed by atoms with Crippen molar-refractivity contribution in [1.82, 2.24) is 4.90 Å². The quantitative estimate of drug-likeness (QED) is 0.738. The molecule has 1 spiro atoms. The lowest BCUT2D eigenvalue weighted by molar-refractivity contribution is -0.0608. The van der Waals surface area contributed by atoms with Crippen LogP contribution in [-0.4, -0.2) is 49.4 Å². The fraction of sp³-hybridized carbons (Fsp3) is 0.520. The van der Waals surface area contributed by atoms with Gasteiger partial charge in [-0.1, -0.05) is 23.8 Å². The molecule has 0 aromatic heterocycles. The number of sulfonamides is 1. The van der Waals surface area contributed by atoms with Crippen LogP contribution in [0.25, 0.3) is 0 Å². The van der Waals surface area contributed by atoms with E-state index in [-0.39, 0.29) is 5.60 Å². The predicted molar refractivity (Wildman–Crippen MR) is 126 cm³/mol. The van der Waals surface area contributed by atoms with Crippen LogP contribution in [0, 0.1) is 6.92 Å². The highest BCUT2D eigenvalue weighted by atomic mass is 32.2. The van der Waals surface area contributed by atoms with Crippen molar-refractivity contribution in [2.75, 3.05) is 24.1 Å². The van der Waals surface area contributed by atoms with Crippen LogP contribution in [0.5, 0.6) is 5.75 Å². The van der Waals surface area contributed by atoms with Crippen molar-refractivity contribution >= 4 is 15.7 Å². The number of nitrogens with zero attached hydrogens (tertiary/aromatic N) is 1. The lowest BCUT2D eigenvalue weighted by Gasteiger charge is -2.48. The average molecular weight is 457 g/mol. The Labute approximate surface area is 190 Å². The second-order valence-electron chi connectivity index (χ2n) is 9.84. The summed E-state index contributed by atoms with van der Waals surface area (Å²) < 4.78 is 32.0. The molecule has 2 aromatic carbocycles. The van der Waals surface area contributed by atoms with Crippen molar-refractivity contribution in [3.8, 4) is 5.75 Å². The maximum atomic E-state index is 11.5. The van der Waals surface area contributed by atoms with Crippen LogP contribution in [-0.2, 0) is 22.9 Å². The summed E-state index contributed by atoms with van der Waals surface area (Å²) in [4.78, 5) is 2.61. The average Bonchev–Trinajstić information content (AvgIpc) is 2.73. The van der Waals surface area contributed by atoms with Gasteiger partial charge in [0.15, 0.2) is 0 Å². The van der Waals surface area contributed by atoms with Crippen molar-refractivity contribution < 1.29 is 18.3 Å². The van der Waals surface area contributed by atoms with E-state index in [9.17, 15) is 13.5 Å². The molecule has 2 heterocycles. The van der Waals surface area contributed by atoms with Gasteiger partial charge < -0.3 is 9.84 Å². The van der Waals surface area contributed by atoms with E-state index in [1.54, 1.807) is 18.2 Å². The van der Waals surface area contributed by atoms with E-state index < -0.39 is 16.1 Å². The van der Waals surface area contributed by atoms with Crippen LogP contribution in [0.3, 0.4) is 0 Å². The first-order valence-electron chi connectivity index (χ1n) is 11.5. The molecule has 1 aliphatic carbocycles. The zero-order valence-electron chi connectivity index (χ0n) is 18.8. The minimum absolute atomic E-state index is 0.349. The number of hydrogen-bond acceptors (Lipinski definition) is 5. The molecular weight excluding hydrogens is 424 g/mol. The third-order valence-electron chi connectivity index (χ3n) is 7.35. The first-order chi connectivity index (χ1) is 15.2. The molecule has 6 nitrogen and oxygen atoms in total. The van der Waals surface area contributed by atoms with E-state index >= 15 is 0 Å². The number of hydrogen-bond donors (Lipinski definition) is 2. The van der Waals surface area contributed by atoms with Gasteiger partial charge in [-0.15, -0.1) is 0 Å². The van der Waals surface area contributed by atoms with E-state index in [0.717, 1.165) is 45.0 Å². The standard InChI is InChI=1S/C25H32N2O4S/c1-17-3-4-19-14-21(7-5-18(19)13-17)27-11-9-25(10-12-27)16-23(28)22-15-20(26-32(2,29)30)6-8-24(22)31-25/h3-4,6,8,13,15,21,23,26,28H,5,7,9-12,14,16H2,1-2H3/t21-,23?/m1/s1. The van der Waals surface area contributed by atoms with Crippen molar-refractivity contribution in [3.05, 3.63) is 58.7 Å². The monoisotopic (exact) mass is 456 g/mol. The molecule has 1 saturated heterocycles. The van der Waals surface area contributed by atoms with Crippen LogP contribution in [0.1, 0.15) is 54.0 Å². The second kappa shape index (κ2) is 8.04. The number of likely N-dealkylation sites (tertiary alicyclic amines) is 1. The Kier molecular flexibility index (Phi) is 5.47. The maximum absolute atomic E-state index is 11.5. The molecule has 0 amide bonds. The van der Waals surface area contributed by atoms with E-state index in [2.05, 4.69) is 34.7 Å². The summed E-state index contributed by atoms with van der Waals surface area (Å²) >= 11 is 0. The third-order valence-corrected chi connectivity index (χ3v) is 7.96. The van der Waals surface area contributed by atoms with Gasteiger partial charge in [-0.05, 0) is 68.4 Å². The lowest BCUT2D eigenvalue weighted by atomic mass is 9.80. The van der Waals surface area contributed by atoms with Crippen LogP contribution in [0.15, 0.2) is 36.4 Å². The first kappa shape index (κ1) is 21.7. The van der Waals surface area contributed by atoms with Crippen LogP contribution in [0.4, 0.5) is 5.69 Å². The SMILES string of the molecule is Cc1ccc2c(c1)CC[C@@H](N1CCC3(CC1)CC(O)c1cc(NS(C)(=O)=O)ccc1O3)C2. The van der Waals surface area contributed by atoms with Gasteiger partial charge >= 0.3 is 0 Å². The van der Waals surface area contributed by atoms with E-state index in [4.69, 9.17) is 4.74 Å². The maximum Gasteiger partial charge on any atom is 0.229 e. The molecule has 2 aliphatic heterocycles. The third kappa shape index (κ3) is 4.38. The Balaban J connectivity index is 1.26. The minimum Gasteiger partial charge on any atom is -0.487 e. The van der Waals surface area contributed by atoms with Crippen molar-refractivity contribution in [2.45, 2.75) is 63.2 Å². The highest BCUT2D eigenvalue weighted by Gasteiger charge is 2.44. The molecule has 1 unspecified atom stereocenters. The fourth-order valence-electron chi connectivity index (χ4n) is 5.70. The summed E-state index contributed by atoms with van der Waals surface area (Å²) in [5.41, 5.74) is 5.10. The van der Waals surface area contributed by atoms with Gasteiger partial charge in [-0.3, -0.25) is 9.62 Å². The summed E-state index contributed by atoms with van der Waals surface area (Å²) in [6, 6.07) is 12.6. The molecular formula is C25H32N2O4S. The van der Waals surface area contributed by atoms with Crippen molar-refractivity contribution in [2.24, 2.45) is 0 Å². The van der Waals surface area contributed by atoms with E-state index in [0.29, 0.717) is 29.5 Å². The van der Waals surface area contributed by atoms with E-state index in [1.807, 2.05) is 0 Å². The molecule has 7 heteroatoms. The Morgan fingerprint density at radius 1 is 1.12 bits per heavy atom. The van der Waals surface area contributed by atoms with Crippen LogP contribution in [0.2, 0.25) is 0 Å². The van der Waals surface area contributed by atoms with Gasteiger partial charge in [0.25, 0.3) is 0 Å². The molecule has 32 heavy (non-hydrogen) atoms. The zero-order chi connectivity index (χ0) is 22.5. The molecule has 172 valence electrons. The number of aliphatic hydroxyl groups excluding tert-OH is 1. The van der Waals surface area contributed by atoms with Gasteiger partial charge in [0.2, 0.25) is 10.0 Å². The largest absolute Gasteiger partial charge is 0.487 e. The van der Waals surface area contributed by atoms with Gasteiger partial charge in [-0.25, -0.2) is 8.42 Å². The number of rotatable bonds is 3. The number of benzene rings is 2. The summed E-state index contributed by atoms with van der Waals surface area (Å²) in [5, 5.41) is 10.9. The Morgan fingerprint density at radius 3 is 2.66 bits per heavy atom. The molecule has 5 rings (SSSR count). The second-order valence-corrected chi connectivity index (χ2v) is 11.6. The molecule has 0 saturated carbocycles. The van der Waals surface area contributed by atoms with Gasteiger partial charge in [-0.2, -0.15) is 0 Å². The molecule has 2 atom stereocenters. The fourth-order valence-corrected chi connectivity index (χ4v) is 6.25. The highest BCUT2D eigenvalue weighted by Crippen LogP contribution is 2.45. The molecule has 1 fully saturated rings. The smallest absolute Gasteiger partial charge is 0.229 e. The zero-order valence-corrected chi connectivity index (χ0v) is 19.6. The summed E-state index contributed by atoms with van der Waals surface area (Å²) in [7, 11) is -3.36. The predicted octanol–water partition coefficient (Wildman–Crippen LogP) is 3.57. The number of aryl methyl sites for hydroxylation is 2. The summed E-state index contributed by atoms with van der Waals surface area (Å²) in [6.07, 6.45) is 6.26. The number of nitrogens with one attached hydrogen (secondary N) is 1. The molecule has 2 aromatic rings. The van der Waals surface area contributed by atoms with Gasteiger partial charge in [0, 0.05) is 36.8 Å². The van der Waals surface area contributed by atoms with Gasteiger partial charge in [0.1, 0.15) is 11.4 Å². The number of anilines is 1. The molecule has 0 bridgehead atoms. The Morgan fingerprint density at radius 2 is 1.91 bits per heavy atom. The van der Waals surface area contributed by atoms with Crippen molar-refractivity contribution in [1.29, 1.82) is 0 Å². The summed E-state index contributed by atoms with van der Waals surface area (Å²) in [5.74, 6) is 0.665. The molecule has 2 N–H and O–H groups in total. The number of aliphatic hydroxyl groups is 1. The van der Waals surface area contributed by atoms with E-state index in [1.165, 1.54) is 23.1 Å². The number of piperidine rings is 1. The van der Waals surface area contributed by atoms with Gasteiger partial charge in [0.05, 0.1) is 12.4 Å². The normalized spacial score (nSPS) is 25.0. The number of fused-ring (bicyclic) bond motifs is 2. The highest BCUT2D eigenvalue weighted by molar-refractivity contribution is 7.92. The van der Waals surface area contributed by atoms with Crippen molar-refractivity contribution in [3.63, 3.8) is 0 Å². The Bertz CT molecular complexity index is 1120. The molecule has 0 radical (unpaired) electrons. The summed E-state index contributed by atoms with van der Waals surface area (Å²) in [6.45, 7) is 4.11. The first-order valence-corrected chi connectivity index (χ1v) is 13.4. The topological polar surface area (TPSA) is 78.9 Å². The van der Waals surface area contributed by atoms with Crippen LogP contribution < -0.4 is 9.46 Å².